The third kappa shape index (κ3) is 2.84. The number of hydrogen-bond donors (Lipinski definition) is 2. The molecule has 1 aliphatic rings. The molecule has 3 aromatic heterocycles. The van der Waals surface area contributed by atoms with Gasteiger partial charge in [-0.1, -0.05) is 0 Å². The van der Waals surface area contributed by atoms with E-state index in [-0.39, 0.29) is 17.5 Å². The second kappa shape index (κ2) is 5.58. The highest BCUT2D eigenvalue weighted by Crippen LogP contribution is 2.39. The van der Waals surface area contributed by atoms with Crippen molar-refractivity contribution < 1.29 is 4.79 Å². The Bertz CT molecular complexity index is 1020. The van der Waals surface area contributed by atoms with Gasteiger partial charge in [0.2, 0.25) is 0 Å². The van der Waals surface area contributed by atoms with Crippen molar-refractivity contribution in [3.05, 3.63) is 51.3 Å². The van der Waals surface area contributed by atoms with E-state index in [1.165, 1.54) is 10.6 Å². The fourth-order valence-electron chi connectivity index (χ4n) is 2.98. The minimum absolute atomic E-state index is 0.203. The average molecular weight is 340 g/mol. The topological polar surface area (TPSA) is 97.1 Å². The highest BCUT2D eigenvalue weighted by molar-refractivity contribution is 5.93. The summed E-state index contributed by atoms with van der Waals surface area (Å²) >= 11 is 0. The van der Waals surface area contributed by atoms with Crippen LogP contribution < -0.4 is 10.9 Å². The van der Waals surface area contributed by atoms with Crippen molar-refractivity contribution in [2.75, 3.05) is 0 Å². The molecule has 3 aromatic rings. The molecule has 0 bridgehead atoms. The highest BCUT2D eigenvalue weighted by atomic mass is 16.2. The molecule has 130 valence electrons. The van der Waals surface area contributed by atoms with Gasteiger partial charge in [-0.25, -0.2) is 9.50 Å². The minimum atomic E-state index is -0.389. The maximum atomic E-state index is 12.6. The van der Waals surface area contributed by atoms with Gasteiger partial charge < -0.3 is 5.32 Å². The fraction of sp³-hybridized carbons (Fsp3) is 0.412. The van der Waals surface area contributed by atoms with E-state index >= 15 is 0 Å². The number of amides is 1. The first kappa shape index (κ1) is 15.6. The minimum Gasteiger partial charge on any atom is -0.343 e. The Kier molecular flexibility index (Phi) is 3.48. The number of nitrogens with one attached hydrogen (secondary N) is 2. The van der Waals surface area contributed by atoms with Crippen LogP contribution >= 0.6 is 0 Å². The summed E-state index contributed by atoms with van der Waals surface area (Å²) in [4.78, 5) is 29.2. The molecule has 0 aromatic carbocycles. The zero-order valence-corrected chi connectivity index (χ0v) is 14.4. The van der Waals surface area contributed by atoms with Crippen LogP contribution in [0.15, 0.2) is 23.0 Å². The van der Waals surface area contributed by atoms with Gasteiger partial charge in [0.1, 0.15) is 5.69 Å². The standard InChI is InChI=1S/C17H20N6O2/c1-9-6-15-19-12(8-16(24)23(15)20-9)10(2)18-17(25)14-7-13(11-4-5-11)21-22(14)3/h6-8,10-11,20H,4-5H2,1-3H3,(H,18,25)/t10-/m1/s1. The average Bonchev–Trinajstić information content (AvgIpc) is 3.22. The number of nitrogens with zero attached hydrogens (tertiary/aromatic N) is 4. The normalized spacial score (nSPS) is 15.5. The van der Waals surface area contributed by atoms with E-state index in [9.17, 15) is 9.59 Å². The molecule has 1 fully saturated rings. The van der Waals surface area contributed by atoms with Crippen LogP contribution in [-0.4, -0.2) is 30.3 Å². The van der Waals surface area contributed by atoms with Crippen LogP contribution in [0.25, 0.3) is 5.65 Å². The SMILES string of the molecule is Cc1cc2nc([C@@H](C)NC(=O)c3cc(C4CC4)nn3C)cc(=O)n2[nH]1. The van der Waals surface area contributed by atoms with Gasteiger partial charge in [-0.15, -0.1) is 0 Å². The molecule has 4 rings (SSSR count). The molecular weight excluding hydrogens is 320 g/mol. The van der Waals surface area contributed by atoms with Gasteiger partial charge >= 0.3 is 0 Å². The summed E-state index contributed by atoms with van der Waals surface area (Å²) in [7, 11) is 1.77. The van der Waals surface area contributed by atoms with E-state index in [4.69, 9.17) is 0 Å². The van der Waals surface area contributed by atoms with Gasteiger partial charge in [-0.2, -0.15) is 5.10 Å². The van der Waals surface area contributed by atoms with Crippen molar-refractivity contribution in [2.24, 2.45) is 7.05 Å². The molecule has 2 N–H and O–H groups in total. The molecule has 0 unspecified atom stereocenters. The Morgan fingerprint density at radius 1 is 1.36 bits per heavy atom. The lowest BCUT2D eigenvalue weighted by atomic mass is 10.2. The Balaban J connectivity index is 1.58. The van der Waals surface area contributed by atoms with Gasteiger partial charge in [0.15, 0.2) is 5.65 Å². The van der Waals surface area contributed by atoms with Crippen LogP contribution in [0.3, 0.4) is 0 Å². The van der Waals surface area contributed by atoms with E-state index in [1.54, 1.807) is 17.8 Å². The van der Waals surface area contributed by atoms with Crippen LogP contribution in [-0.2, 0) is 7.05 Å². The smallest absolute Gasteiger partial charge is 0.272 e. The van der Waals surface area contributed by atoms with Crippen molar-refractivity contribution >= 4 is 11.6 Å². The number of H-pyrrole nitrogens is 1. The first-order valence-electron chi connectivity index (χ1n) is 8.36. The lowest BCUT2D eigenvalue weighted by molar-refractivity contribution is 0.0929. The molecule has 3 heterocycles. The number of aromatic amines is 1. The molecule has 0 saturated heterocycles. The Labute approximate surface area is 143 Å². The van der Waals surface area contributed by atoms with Crippen molar-refractivity contribution in [1.82, 2.24) is 29.7 Å². The highest BCUT2D eigenvalue weighted by Gasteiger charge is 2.28. The van der Waals surface area contributed by atoms with E-state index in [0.29, 0.717) is 23.0 Å². The maximum Gasteiger partial charge on any atom is 0.272 e. The van der Waals surface area contributed by atoms with Gasteiger partial charge in [0.05, 0.1) is 17.4 Å². The Hall–Kier alpha value is -2.90. The number of carbonyl (C=O) groups excluding carboxylic acids is 1. The number of fused-ring (bicyclic) bond motifs is 1. The van der Waals surface area contributed by atoms with Gasteiger partial charge in [0.25, 0.3) is 11.5 Å². The number of hydrogen-bond acceptors (Lipinski definition) is 4. The van der Waals surface area contributed by atoms with E-state index in [2.05, 4.69) is 20.5 Å². The fourth-order valence-corrected chi connectivity index (χ4v) is 2.98. The molecule has 1 saturated carbocycles. The number of rotatable bonds is 4. The summed E-state index contributed by atoms with van der Waals surface area (Å²) < 4.78 is 2.99. The predicted molar refractivity (Wildman–Crippen MR) is 91.6 cm³/mol. The first-order chi connectivity index (χ1) is 11.9. The molecule has 8 nitrogen and oxygen atoms in total. The predicted octanol–water partition coefficient (Wildman–Crippen LogP) is 1.43. The zero-order chi connectivity index (χ0) is 17.7. The number of aryl methyl sites for hydroxylation is 2. The lowest BCUT2D eigenvalue weighted by Crippen LogP contribution is -2.30. The van der Waals surface area contributed by atoms with Crippen LogP contribution in [0.2, 0.25) is 0 Å². The first-order valence-corrected chi connectivity index (χ1v) is 8.36. The van der Waals surface area contributed by atoms with Crippen molar-refractivity contribution in [3.8, 4) is 0 Å². The molecule has 25 heavy (non-hydrogen) atoms. The summed E-state index contributed by atoms with van der Waals surface area (Å²) in [6.45, 7) is 3.67. The van der Waals surface area contributed by atoms with E-state index in [0.717, 1.165) is 24.2 Å². The van der Waals surface area contributed by atoms with E-state index < -0.39 is 0 Å². The van der Waals surface area contributed by atoms with Crippen molar-refractivity contribution in [2.45, 2.75) is 38.6 Å². The number of carbonyl (C=O) groups is 1. The van der Waals surface area contributed by atoms with Crippen LogP contribution in [0.5, 0.6) is 0 Å². The second-order valence-electron chi connectivity index (χ2n) is 6.70. The molecule has 0 aliphatic heterocycles. The summed E-state index contributed by atoms with van der Waals surface area (Å²) in [6.07, 6.45) is 2.27. The summed E-state index contributed by atoms with van der Waals surface area (Å²) in [5, 5.41) is 10.2. The third-order valence-electron chi connectivity index (χ3n) is 4.52. The molecule has 1 atom stereocenters. The summed E-state index contributed by atoms with van der Waals surface area (Å²) in [5.41, 5.74) is 3.20. The molecule has 0 radical (unpaired) electrons. The zero-order valence-electron chi connectivity index (χ0n) is 14.4. The van der Waals surface area contributed by atoms with E-state index in [1.807, 2.05) is 19.9 Å². The van der Waals surface area contributed by atoms with Crippen LogP contribution in [0.4, 0.5) is 0 Å². The summed E-state index contributed by atoms with van der Waals surface area (Å²) in [5.74, 6) is 0.271. The Morgan fingerprint density at radius 3 is 2.84 bits per heavy atom. The molecule has 8 heteroatoms. The second-order valence-corrected chi connectivity index (χ2v) is 6.70. The maximum absolute atomic E-state index is 12.6. The molecule has 0 spiro atoms. The lowest BCUT2D eigenvalue weighted by Gasteiger charge is -2.13. The van der Waals surface area contributed by atoms with Crippen LogP contribution in [0.1, 0.15) is 59.3 Å². The molecular formula is C17H20N6O2. The molecule has 1 aliphatic carbocycles. The van der Waals surface area contributed by atoms with Gasteiger partial charge in [-0.3, -0.25) is 19.4 Å². The van der Waals surface area contributed by atoms with Gasteiger partial charge in [-0.05, 0) is 32.8 Å². The van der Waals surface area contributed by atoms with Crippen molar-refractivity contribution in [1.29, 1.82) is 0 Å². The molecule has 1 amide bonds. The van der Waals surface area contributed by atoms with Crippen molar-refractivity contribution in [3.63, 3.8) is 0 Å². The number of aromatic nitrogens is 5. The Morgan fingerprint density at radius 2 is 2.12 bits per heavy atom. The van der Waals surface area contributed by atoms with Gasteiger partial charge in [0, 0.05) is 30.8 Å². The summed E-state index contributed by atoms with van der Waals surface area (Å²) in [6, 6.07) is 4.69. The monoisotopic (exact) mass is 340 g/mol. The quantitative estimate of drug-likeness (QED) is 0.751. The largest absolute Gasteiger partial charge is 0.343 e. The van der Waals surface area contributed by atoms with Crippen LogP contribution in [0, 0.1) is 6.92 Å². The third-order valence-corrected chi connectivity index (χ3v) is 4.52.